The average Bonchev–Trinajstić information content (AvgIpc) is 3.56. The molecule has 1 saturated heterocycles. The van der Waals surface area contributed by atoms with E-state index in [0.29, 0.717) is 43.3 Å². The van der Waals surface area contributed by atoms with Gasteiger partial charge in [-0.25, -0.2) is 14.6 Å². The molecule has 38 heavy (non-hydrogen) atoms. The maximum Gasteiger partial charge on any atom is 0.267 e. The Bertz CT molecular complexity index is 1470. The normalized spacial score (nSPS) is 16.9. The summed E-state index contributed by atoms with van der Waals surface area (Å²) in [7, 11) is 1.83. The third-order valence-corrected chi connectivity index (χ3v) is 6.11. The molecular formula is C26H28N8O4. The molecule has 0 saturated carbocycles. The van der Waals surface area contributed by atoms with Crippen molar-refractivity contribution in [2.45, 2.75) is 25.1 Å². The number of aliphatic hydroxyl groups excluding tert-OH is 1. The summed E-state index contributed by atoms with van der Waals surface area (Å²) in [6, 6.07) is 10.4. The fraction of sp³-hybridized carbons (Fsp3) is 0.308. The summed E-state index contributed by atoms with van der Waals surface area (Å²) in [6.07, 6.45) is 6.64. The lowest BCUT2D eigenvalue weighted by atomic mass is 10.1. The fourth-order valence-electron chi connectivity index (χ4n) is 4.17. The lowest BCUT2D eigenvalue weighted by Crippen LogP contribution is -2.41. The first-order valence-corrected chi connectivity index (χ1v) is 12.2. The van der Waals surface area contributed by atoms with Crippen molar-refractivity contribution in [2.24, 2.45) is 7.05 Å². The molecule has 12 heteroatoms. The monoisotopic (exact) mass is 516 g/mol. The summed E-state index contributed by atoms with van der Waals surface area (Å²) >= 11 is 0. The highest BCUT2D eigenvalue weighted by molar-refractivity contribution is 5.82. The summed E-state index contributed by atoms with van der Waals surface area (Å²) in [5.74, 6) is 0.845. The van der Waals surface area contributed by atoms with Crippen molar-refractivity contribution in [3.63, 3.8) is 0 Å². The second kappa shape index (κ2) is 11.3. The van der Waals surface area contributed by atoms with Crippen LogP contribution in [0.25, 0.3) is 22.6 Å². The van der Waals surface area contributed by atoms with Crippen molar-refractivity contribution in [1.29, 1.82) is 0 Å². The van der Waals surface area contributed by atoms with E-state index in [4.69, 9.17) is 4.74 Å². The first-order chi connectivity index (χ1) is 18.4. The number of aliphatic hydroxyl groups is 1. The predicted molar refractivity (Wildman–Crippen MR) is 138 cm³/mol. The number of nitrogens with one attached hydrogen (secondary N) is 2. The number of carbonyl (C=O) groups is 1. The molecule has 196 valence electrons. The number of amides is 1. The van der Waals surface area contributed by atoms with Gasteiger partial charge in [0, 0.05) is 37.0 Å². The van der Waals surface area contributed by atoms with Gasteiger partial charge in [-0.2, -0.15) is 10.2 Å². The van der Waals surface area contributed by atoms with Crippen LogP contribution in [0, 0.1) is 0 Å². The molecule has 3 aromatic heterocycles. The van der Waals surface area contributed by atoms with Crippen LogP contribution in [-0.4, -0.2) is 72.4 Å². The summed E-state index contributed by atoms with van der Waals surface area (Å²) < 4.78 is 8.74. The zero-order chi connectivity index (χ0) is 26.5. The number of rotatable bonds is 9. The lowest BCUT2D eigenvalue weighted by molar-refractivity contribution is -0.123. The summed E-state index contributed by atoms with van der Waals surface area (Å²) in [5, 5.41) is 23.9. The second-order valence-corrected chi connectivity index (χ2v) is 9.05. The highest BCUT2D eigenvalue weighted by Gasteiger charge is 2.27. The van der Waals surface area contributed by atoms with Crippen molar-refractivity contribution in [1.82, 2.24) is 40.2 Å². The Morgan fingerprint density at radius 2 is 2.03 bits per heavy atom. The topological polar surface area (TPSA) is 149 Å². The van der Waals surface area contributed by atoms with E-state index < -0.39 is 6.10 Å². The van der Waals surface area contributed by atoms with Gasteiger partial charge in [0.2, 0.25) is 5.91 Å². The van der Waals surface area contributed by atoms with Gasteiger partial charge in [0.05, 0.1) is 49.5 Å². The van der Waals surface area contributed by atoms with Crippen LogP contribution < -0.4 is 20.9 Å². The number of nitrogens with zero attached hydrogens (tertiary/aromatic N) is 6. The maximum absolute atomic E-state index is 12.4. The third-order valence-electron chi connectivity index (χ3n) is 6.11. The molecule has 0 radical (unpaired) electrons. The van der Waals surface area contributed by atoms with E-state index in [0.717, 1.165) is 16.7 Å². The lowest BCUT2D eigenvalue weighted by Gasteiger charge is -2.11. The zero-order valence-corrected chi connectivity index (χ0v) is 20.8. The fourth-order valence-corrected chi connectivity index (χ4v) is 4.17. The maximum atomic E-state index is 12.4. The summed E-state index contributed by atoms with van der Waals surface area (Å²) in [4.78, 5) is 33.3. The van der Waals surface area contributed by atoms with Gasteiger partial charge < -0.3 is 20.5 Å². The molecule has 0 unspecified atom stereocenters. The standard InChI is InChI=1S/C26H28N8O4/c1-33-16-19(11-31-33)22-5-6-24(36)34(32-22)15-17-3-2-4-18(9-17)25-29-13-21(14-30-25)38-8-7-27-26(37)23-10-20(35)12-28-23/h2-6,9,11,13-14,16,20,23,28,35H,7-8,10,12,15H2,1H3,(H,27,37)/t20-,23+/m1/s1. The number of benzene rings is 1. The van der Waals surface area contributed by atoms with Crippen molar-refractivity contribution in [3.05, 3.63) is 77.1 Å². The molecule has 4 heterocycles. The molecule has 1 fully saturated rings. The molecular weight excluding hydrogens is 488 g/mol. The van der Waals surface area contributed by atoms with Gasteiger partial charge in [-0.3, -0.25) is 14.3 Å². The van der Waals surface area contributed by atoms with Gasteiger partial charge in [-0.05, 0) is 24.1 Å². The molecule has 1 amide bonds. The molecule has 2 atom stereocenters. The number of aryl methyl sites for hydroxylation is 1. The first-order valence-electron chi connectivity index (χ1n) is 12.2. The highest BCUT2D eigenvalue weighted by atomic mass is 16.5. The van der Waals surface area contributed by atoms with Gasteiger partial charge in [-0.15, -0.1) is 0 Å². The Morgan fingerprint density at radius 1 is 1.18 bits per heavy atom. The SMILES string of the molecule is Cn1cc(-c2ccc(=O)n(Cc3cccc(-c4ncc(OCCNC(=O)[C@@H]5C[C@@H](O)CN5)cn4)c3)n2)cn1. The average molecular weight is 517 g/mol. The molecule has 0 aliphatic carbocycles. The Kier molecular flexibility index (Phi) is 7.52. The smallest absolute Gasteiger partial charge is 0.267 e. The van der Waals surface area contributed by atoms with E-state index in [1.165, 1.54) is 10.7 Å². The Hall–Kier alpha value is -4.42. The van der Waals surface area contributed by atoms with E-state index in [9.17, 15) is 14.7 Å². The van der Waals surface area contributed by atoms with Crippen LogP contribution in [0.4, 0.5) is 0 Å². The number of hydrogen-bond donors (Lipinski definition) is 3. The van der Waals surface area contributed by atoms with E-state index >= 15 is 0 Å². The van der Waals surface area contributed by atoms with Gasteiger partial charge in [0.15, 0.2) is 11.6 Å². The molecule has 4 aromatic rings. The third kappa shape index (κ3) is 6.10. The molecule has 12 nitrogen and oxygen atoms in total. The quantitative estimate of drug-likeness (QED) is 0.268. The largest absolute Gasteiger partial charge is 0.489 e. The zero-order valence-electron chi connectivity index (χ0n) is 20.8. The van der Waals surface area contributed by atoms with Gasteiger partial charge in [0.25, 0.3) is 5.56 Å². The van der Waals surface area contributed by atoms with Crippen LogP contribution in [0.2, 0.25) is 0 Å². The highest BCUT2D eigenvalue weighted by Crippen LogP contribution is 2.19. The number of aromatic nitrogens is 6. The Labute approximate surface area is 218 Å². The second-order valence-electron chi connectivity index (χ2n) is 9.05. The molecule has 1 aromatic carbocycles. The van der Waals surface area contributed by atoms with Crippen LogP contribution in [0.1, 0.15) is 12.0 Å². The van der Waals surface area contributed by atoms with Crippen molar-refractivity contribution in [3.8, 4) is 28.4 Å². The number of hydrogen-bond acceptors (Lipinski definition) is 9. The minimum atomic E-state index is -0.485. The van der Waals surface area contributed by atoms with Crippen LogP contribution in [0.15, 0.2) is 66.0 Å². The van der Waals surface area contributed by atoms with Crippen molar-refractivity contribution < 1.29 is 14.6 Å². The molecule has 5 rings (SSSR count). The molecule has 1 aliphatic rings. The van der Waals surface area contributed by atoms with Crippen LogP contribution in [0.3, 0.4) is 0 Å². The molecule has 1 aliphatic heterocycles. The van der Waals surface area contributed by atoms with E-state index in [-0.39, 0.29) is 24.1 Å². The van der Waals surface area contributed by atoms with Crippen molar-refractivity contribution in [2.75, 3.05) is 19.7 Å². The molecule has 0 spiro atoms. The molecule has 3 N–H and O–H groups in total. The number of β-amino-alcohol motifs (C(OH)–C–C–N with tert-alkyl or cyclic N) is 1. The van der Waals surface area contributed by atoms with E-state index in [2.05, 4.69) is 30.8 Å². The van der Waals surface area contributed by atoms with Gasteiger partial charge >= 0.3 is 0 Å². The van der Waals surface area contributed by atoms with Crippen LogP contribution in [-0.2, 0) is 18.4 Å². The predicted octanol–water partition coefficient (Wildman–Crippen LogP) is 0.367. The minimum Gasteiger partial charge on any atom is -0.489 e. The van der Waals surface area contributed by atoms with Gasteiger partial charge in [0.1, 0.15) is 6.61 Å². The minimum absolute atomic E-state index is 0.155. The number of ether oxygens (including phenoxy) is 1. The first kappa shape index (κ1) is 25.2. The van der Waals surface area contributed by atoms with Crippen molar-refractivity contribution >= 4 is 5.91 Å². The summed E-state index contributed by atoms with van der Waals surface area (Å²) in [5.41, 5.74) is 2.97. The Balaban J connectivity index is 1.18. The molecule has 0 bridgehead atoms. The summed E-state index contributed by atoms with van der Waals surface area (Å²) in [6.45, 7) is 1.31. The van der Waals surface area contributed by atoms with Crippen LogP contribution in [0.5, 0.6) is 5.75 Å². The van der Waals surface area contributed by atoms with E-state index in [1.54, 1.807) is 29.3 Å². The Morgan fingerprint density at radius 3 is 2.76 bits per heavy atom. The van der Waals surface area contributed by atoms with Crippen LogP contribution >= 0.6 is 0 Å². The van der Waals surface area contributed by atoms with E-state index in [1.807, 2.05) is 37.5 Å². The van der Waals surface area contributed by atoms with Gasteiger partial charge in [-0.1, -0.05) is 18.2 Å². The number of carbonyl (C=O) groups excluding carboxylic acids is 1.